The van der Waals surface area contributed by atoms with Crippen molar-refractivity contribution < 1.29 is 19.1 Å². The molecule has 1 saturated heterocycles. The van der Waals surface area contributed by atoms with Crippen LogP contribution in [0.3, 0.4) is 0 Å². The molecule has 0 atom stereocenters. The smallest absolute Gasteiger partial charge is 0.270 e. The number of hydrogen-bond donors (Lipinski definition) is 1. The highest BCUT2D eigenvalue weighted by Crippen LogP contribution is 2.38. The number of amides is 2. The van der Waals surface area contributed by atoms with Gasteiger partial charge in [0.05, 0.1) is 17.7 Å². The molecule has 0 aliphatic carbocycles. The Labute approximate surface area is 226 Å². The maximum atomic E-state index is 13.2. The van der Waals surface area contributed by atoms with E-state index < -0.39 is 0 Å². The van der Waals surface area contributed by atoms with Crippen molar-refractivity contribution in [1.29, 1.82) is 0 Å². The van der Waals surface area contributed by atoms with Gasteiger partial charge in [0.15, 0.2) is 22.4 Å². The third-order valence-electron chi connectivity index (χ3n) is 5.90. The van der Waals surface area contributed by atoms with E-state index in [9.17, 15) is 9.59 Å². The summed E-state index contributed by atoms with van der Waals surface area (Å²) in [6, 6.07) is 17.1. The fourth-order valence-corrected chi connectivity index (χ4v) is 5.26. The van der Waals surface area contributed by atoms with Crippen LogP contribution in [-0.4, -0.2) is 29.9 Å². The predicted molar refractivity (Wildman–Crippen MR) is 155 cm³/mol. The van der Waals surface area contributed by atoms with Gasteiger partial charge in [0.1, 0.15) is 0 Å². The Bertz CT molecular complexity index is 1430. The molecule has 3 aromatic carbocycles. The van der Waals surface area contributed by atoms with Gasteiger partial charge in [-0.2, -0.15) is 0 Å². The van der Waals surface area contributed by atoms with E-state index in [1.165, 1.54) is 18.9 Å². The van der Waals surface area contributed by atoms with Crippen molar-refractivity contribution in [3.63, 3.8) is 0 Å². The van der Waals surface area contributed by atoms with Crippen LogP contribution in [0.2, 0.25) is 0 Å². The molecule has 1 fully saturated rings. The topological polar surface area (TPSA) is 67.9 Å². The van der Waals surface area contributed by atoms with Gasteiger partial charge >= 0.3 is 0 Å². The standard InChI is InChI=1S/C29H28N2O4S2/c1-17-7-10-23(20(4)12-17)31-28(33)26(37-29(31)36)15-21-9-11-24(25(14-21)34-5)35-16-27(32)30-22-13-18(2)6-8-19(22)3/h6-15H,16H2,1-5H3,(H,30,32)/b26-15-. The van der Waals surface area contributed by atoms with Crippen molar-refractivity contribution in [1.82, 2.24) is 0 Å². The van der Waals surface area contributed by atoms with Crippen LogP contribution < -0.4 is 19.7 Å². The van der Waals surface area contributed by atoms with Gasteiger partial charge in [-0.25, -0.2) is 0 Å². The fraction of sp³-hybridized carbons (Fsp3) is 0.207. The molecule has 0 unspecified atom stereocenters. The Morgan fingerprint density at radius 3 is 2.43 bits per heavy atom. The molecule has 0 saturated carbocycles. The van der Waals surface area contributed by atoms with Crippen LogP contribution in [0, 0.1) is 27.7 Å². The molecule has 1 heterocycles. The third-order valence-corrected chi connectivity index (χ3v) is 7.20. The fourth-order valence-electron chi connectivity index (χ4n) is 3.98. The summed E-state index contributed by atoms with van der Waals surface area (Å²) in [6.07, 6.45) is 1.78. The van der Waals surface area contributed by atoms with E-state index >= 15 is 0 Å². The second-order valence-corrected chi connectivity index (χ2v) is 10.5. The molecule has 4 rings (SSSR count). The minimum Gasteiger partial charge on any atom is -0.493 e. The summed E-state index contributed by atoms with van der Waals surface area (Å²) in [5.74, 6) is 0.455. The Kier molecular flexibility index (Phi) is 8.00. The van der Waals surface area contributed by atoms with E-state index in [0.717, 1.165) is 39.2 Å². The Morgan fingerprint density at radius 2 is 1.70 bits per heavy atom. The predicted octanol–water partition coefficient (Wildman–Crippen LogP) is 6.35. The first-order valence-corrected chi connectivity index (χ1v) is 12.9. The molecule has 6 nitrogen and oxygen atoms in total. The Morgan fingerprint density at radius 1 is 0.973 bits per heavy atom. The lowest BCUT2D eigenvalue weighted by Gasteiger charge is -2.17. The van der Waals surface area contributed by atoms with Crippen LogP contribution >= 0.6 is 24.0 Å². The second-order valence-electron chi connectivity index (χ2n) is 8.87. The number of benzene rings is 3. The molecule has 190 valence electrons. The normalized spacial score (nSPS) is 14.3. The lowest BCUT2D eigenvalue weighted by molar-refractivity contribution is -0.118. The summed E-state index contributed by atoms with van der Waals surface area (Å²) >= 11 is 6.78. The van der Waals surface area contributed by atoms with Crippen LogP contribution in [0.1, 0.15) is 27.8 Å². The summed E-state index contributed by atoms with van der Waals surface area (Å²) in [5.41, 5.74) is 6.45. The van der Waals surface area contributed by atoms with E-state index in [4.69, 9.17) is 21.7 Å². The number of carbonyl (C=O) groups is 2. The highest BCUT2D eigenvalue weighted by Gasteiger charge is 2.34. The van der Waals surface area contributed by atoms with Crippen LogP contribution in [0.25, 0.3) is 6.08 Å². The van der Waals surface area contributed by atoms with Crippen molar-refractivity contribution in [2.75, 3.05) is 23.9 Å². The average Bonchev–Trinajstić information content (AvgIpc) is 3.13. The Hall–Kier alpha value is -3.62. The summed E-state index contributed by atoms with van der Waals surface area (Å²) in [7, 11) is 1.53. The van der Waals surface area contributed by atoms with Gasteiger partial charge in [0, 0.05) is 5.69 Å². The first kappa shape index (κ1) is 26.4. The molecule has 3 aromatic rings. The third kappa shape index (κ3) is 6.03. The maximum absolute atomic E-state index is 13.2. The highest BCUT2D eigenvalue weighted by molar-refractivity contribution is 8.27. The summed E-state index contributed by atoms with van der Waals surface area (Å²) in [5, 5.41) is 2.88. The first-order valence-electron chi connectivity index (χ1n) is 11.7. The van der Waals surface area contributed by atoms with Crippen molar-refractivity contribution in [2.24, 2.45) is 0 Å². The van der Waals surface area contributed by atoms with Crippen molar-refractivity contribution >= 4 is 57.6 Å². The minimum atomic E-state index is -0.269. The lowest BCUT2D eigenvalue weighted by atomic mass is 10.1. The molecule has 1 N–H and O–H groups in total. The van der Waals surface area contributed by atoms with E-state index in [-0.39, 0.29) is 18.4 Å². The minimum absolute atomic E-state index is 0.163. The molecule has 0 bridgehead atoms. The molecule has 2 amide bonds. The summed E-state index contributed by atoms with van der Waals surface area (Å²) in [4.78, 5) is 27.8. The molecule has 1 aliphatic rings. The number of anilines is 2. The zero-order valence-electron chi connectivity index (χ0n) is 21.4. The molecule has 8 heteroatoms. The van der Waals surface area contributed by atoms with E-state index in [1.54, 1.807) is 23.1 Å². The van der Waals surface area contributed by atoms with Gasteiger partial charge in [-0.05, 0) is 80.3 Å². The highest BCUT2D eigenvalue weighted by atomic mass is 32.2. The van der Waals surface area contributed by atoms with Crippen molar-refractivity contribution in [3.05, 3.63) is 87.3 Å². The Balaban J connectivity index is 1.47. The van der Waals surface area contributed by atoms with Crippen LogP contribution in [0.5, 0.6) is 11.5 Å². The van der Waals surface area contributed by atoms with Crippen LogP contribution in [0.15, 0.2) is 59.5 Å². The zero-order chi connectivity index (χ0) is 26.7. The zero-order valence-corrected chi connectivity index (χ0v) is 23.0. The maximum Gasteiger partial charge on any atom is 0.270 e. The molecule has 0 radical (unpaired) electrons. The number of rotatable bonds is 7. The number of hydrogen-bond acceptors (Lipinski definition) is 6. The van der Waals surface area contributed by atoms with Gasteiger partial charge in [0.25, 0.3) is 11.8 Å². The SMILES string of the molecule is COc1cc(/C=C2\SC(=S)N(c3ccc(C)cc3C)C2=O)ccc1OCC(=O)Nc1cc(C)ccc1C. The average molecular weight is 533 g/mol. The van der Waals surface area contributed by atoms with E-state index in [0.29, 0.717) is 20.7 Å². The van der Waals surface area contributed by atoms with Crippen LogP contribution in [-0.2, 0) is 9.59 Å². The first-order chi connectivity index (χ1) is 17.7. The lowest BCUT2D eigenvalue weighted by Crippen LogP contribution is -2.28. The number of ether oxygens (including phenoxy) is 2. The quantitative estimate of drug-likeness (QED) is 0.282. The van der Waals surface area contributed by atoms with Gasteiger partial charge in [-0.1, -0.05) is 59.9 Å². The number of carbonyl (C=O) groups excluding carboxylic acids is 2. The number of aryl methyl sites for hydroxylation is 4. The molecular weight excluding hydrogens is 504 g/mol. The molecular formula is C29H28N2O4S2. The van der Waals surface area contributed by atoms with Crippen molar-refractivity contribution in [3.8, 4) is 11.5 Å². The van der Waals surface area contributed by atoms with E-state index in [2.05, 4.69) is 5.32 Å². The van der Waals surface area contributed by atoms with Gasteiger partial charge in [-0.15, -0.1) is 0 Å². The van der Waals surface area contributed by atoms with Gasteiger partial charge in [-0.3, -0.25) is 14.5 Å². The molecule has 1 aliphatic heterocycles. The monoisotopic (exact) mass is 532 g/mol. The van der Waals surface area contributed by atoms with Crippen LogP contribution in [0.4, 0.5) is 11.4 Å². The second kappa shape index (κ2) is 11.2. The number of nitrogens with zero attached hydrogens (tertiary/aromatic N) is 1. The summed E-state index contributed by atoms with van der Waals surface area (Å²) < 4.78 is 11.7. The molecule has 0 aromatic heterocycles. The number of nitrogens with one attached hydrogen (secondary N) is 1. The largest absolute Gasteiger partial charge is 0.493 e. The van der Waals surface area contributed by atoms with Gasteiger partial charge < -0.3 is 14.8 Å². The van der Waals surface area contributed by atoms with Crippen molar-refractivity contribution in [2.45, 2.75) is 27.7 Å². The van der Waals surface area contributed by atoms with E-state index in [1.807, 2.05) is 70.2 Å². The van der Waals surface area contributed by atoms with Gasteiger partial charge in [0.2, 0.25) is 0 Å². The summed E-state index contributed by atoms with van der Waals surface area (Å²) in [6.45, 7) is 7.72. The number of thioether (sulfide) groups is 1. The molecule has 37 heavy (non-hydrogen) atoms. The number of methoxy groups -OCH3 is 1. The molecule has 0 spiro atoms. The number of thiocarbonyl (C=S) groups is 1.